The number of hydrogen-bond acceptors (Lipinski definition) is 1. The van der Waals surface area contributed by atoms with E-state index in [1.54, 1.807) is 6.92 Å². The monoisotopic (exact) mass is 176 g/mol. The standard InChI is InChI=1S/C12H16O/c1-9-6-4-5-7-12(9)10(2)8-11(3)13/h4-7,11,13H,2,8H2,1,3H3. The Bertz CT molecular complexity index is 300. The van der Waals surface area contributed by atoms with Crippen LogP contribution in [0.3, 0.4) is 0 Å². The number of hydrogen-bond donors (Lipinski definition) is 1. The molecule has 1 unspecified atom stereocenters. The lowest BCUT2D eigenvalue weighted by molar-refractivity contribution is 0.201. The van der Waals surface area contributed by atoms with Crippen LogP contribution in [0.4, 0.5) is 0 Å². The Balaban J connectivity index is 2.83. The predicted octanol–water partition coefficient (Wildman–Crippen LogP) is 2.78. The molecule has 1 atom stereocenters. The third-order valence-corrected chi connectivity index (χ3v) is 2.07. The summed E-state index contributed by atoms with van der Waals surface area (Å²) in [5.74, 6) is 0. The van der Waals surface area contributed by atoms with Crippen LogP contribution in [0, 0.1) is 6.92 Å². The van der Waals surface area contributed by atoms with Crippen molar-refractivity contribution in [1.29, 1.82) is 0 Å². The van der Waals surface area contributed by atoms with Crippen LogP contribution in [0.5, 0.6) is 0 Å². The summed E-state index contributed by atoms with van der Waals surface area (Å²) < 4.78 is 0. The van der Waals surface area contributed by atoms with Gasteiger partial charge in [-0.1, -0.05) is 30.8 Å². The highest BCUT2D eigenvalue weighted by Crippen LogP contribution is 2.20. The van der Waals surface area contributed by atoms with Crippen LogP contribution in [0.25, 0.3) is 5.57 Å². The van der Waals surface area contributed by atoms with Crippen LogP contribution in [-0.4, -0.2) is 11.2 Å². The number of aryl methyl sites for hydroxylation is 1. The van der Waals surface area contributed by atoms with E-state index in [0.717, 1.165) is 11.1 Å². The second-order valence-electron chi connectivity index (χ2n) is 3.47. The van der Waals surface area contributed by atoms with E-state index in [9.17, 15) is 5.11 Å². The Morgan fingerprint density at radius 3 is 2.62 bits per heavy atom. The van der Waals surface area contributed by atoms with Gasteiger partial charge in [-0.05, 0) is 37.0 Å². The smallest absolute Gasteiger partial charge is 0.0552 e. The van der Waals surface area contributed by atoms with E-state index < -0.39 is 0 Å². The summed E-state index contributed by atoms with van der Waals surface area (Å²) in [6.45, 7) is 7.81. The van der Waals surface area contributed by atoms with Gasteiger partial charge in [-0.2, -0.15) is 0 Å². The maximum absolute atomic E-state index is 9.21. The summed E-state index contributed by atoms with van der Waals surface area (Å²) in [6, 6.07) is 8.10. The third-order valence-electron chi connectivity index (χ3n) is 2.07. The van der Waals surface area contributed by atoms with Gasteiger partial charge < -0.3 is 5.11 Å². The first kappa shape index (κ1) is 10.0. The van der Waals surface area contributed by atoms with Gasteiger partial charge in [0.15, 0.2) is 0 Å². The Morgan fingerprint density at radius 1 is 1.46 bits per heavy atom. The first-order chi connectivity index (χ1) is 6.11. The quantitative estimate of drug-likeness (QED) is 0.750. The molecule has 0 heterocycles. The van der Waals surface area contributed by atoms with Crippen molar-refractivity contribution in [2.75, 3.05) is 0 Å². The Hall–Kier alpha value is -1.08. The fourth-order valence-electron chi connectivity index (χ4n) is 1.44. The highest BCUT2D eigenvalue weighted by Gasteiger charge is 2.04. The summed E-state index contributed by atoms with van der Waals surface area (Å²) in [5.41, 5.74) is 3.38. The molecule has 0 spiro atoms. The molecule has 0 aromatic heterocycles. The molecule has 1 heteroatoms. The van der Waals surface area contributed by atoms with Gasteiger partial charge in [-0.3, -0.25) is 0 Å². The van der Waals surface area contributed by atoms with Crippen molar-refractivity contribution in [2.45, 2.75) is 26.4 Å². The Morgan fingerprint density at radius 2 is 2.08 bits per heavy atom. The molecule has 0 amide bonds. The molecule has 1 aromatic rings. The van der Waals surface area contributed by atoms with Crippen molar-refractivity contribution in [3.8, 4) is 0 Å². The van der Waals surface area contributed by atoms with Crippen molar-refractivity contribution in [3.05, 3.63) is 42.0 Å². The van der Waals surface area contributed by atoms with Crippen LogP contribution in [0.1, 0.15) is 24.5 Å². The lowest BCUT2D eigenvalue weighted by atomic mass is 9.98. The van der Waals surface area contributed by atoms with E-state index in [0.29, 0.717) is 6.42 Å². The van der Waals surface area contributed by atoms with Crippen molar-refractivity contribution in [2.24, 2.45) is 0 Å². The summed E-state index contributed by atoms with van der Waals surface area (Å²) >= 11 is 0. The van der Waals surface area contributed by atoms with Gasteiger partial charge in [-0.25, -0.2) is 0 Å². The van der Waals surface area contributed by atoms with Gasteiger partial charge in [0.05, 0.1) is 6.10 Å². The first-order valence-corrected chi connectivity index (χ1v) is 4.53. The molecule has 0 fully saturated rings. The lowest BCUT2D eigenvalue weighted by Crippen LogP contribution is -2.00. The molecular weight excluding hydrogens is 160 g/mol. The largest absolute Gasteiger partial charge is 0.393 e. The maximum Gasteiger partial charge on any atom is 0.0552 e. The zero-order chi connectivity index (χ0) is 9.84. The van der Waals surface area contributed by atoms with Crippen LogP contribution >= 0.6 is 0 Å². The fourth-order valence-corrected chi connectivity index (χ4v) is 1.44. The molecule has 1 rings (SSSR count). The fraction of sp³-hybridized carbons (Fsp3) is 0.333. The second kappa shape index (κ2) is 4.24. The minimum atomic E-state index is -0.313. The average molecular weight is 176 g/mol. The highest BCUT2D eigenvalue weighted by atomic mass is 16.3. The van der Waals surface area contributed by atoms with Crippen LogP contribution in [-0.2, 0) is 0 Å². The molecule has 1 N–H and O–H groups in total. The third kappa shape index (κ3) is 2.71. The summed E-state index contributed by atoms with van der Waals surface area (Å²) in [6.07, 6.45) is 0.331. The molecule has 0 bridgehead atoms. The molecule has 0 aliphatic carbocycles. The molecule has 70 valence electrons. The van der Waals surface area contributed by atoms with Crippen molar-refractivity contribution in [3.63, 3.8) is 0 Å². The lowest BCUT2D eigenvalue weighted by Gasteiger charge is -2.10. The van der Waals surface area contributed by atoms with E-state index in [1.807, 2.05) is 18.2 Å². The number of aliphatic hydroxyl groups excluding tert-OH is 1. The van der Waals surface area contributed by atoms with E-state index in [2.05, 4.69) is 19.6 Å². The van der Waals surface area contributed by atoms with Crippen LogP contribution < -0.4 is 0 Å². The summed E-state index contributed by atoms with van der Waals surface area (Å²) in [7, 11) is 0. The van der Waals surface area contributed by atoms with E-state index >= 15 is 0 Å². The van der Waals surface area contributed by atoms with Gasteiger partial charge >= 0.3 is 0 Å². The second-order valence-corrected chi connectivity index (χ2v) is 3.47. The van der Waals surface area contributed by atoms with Crippen molar-refractivity contribution in [1.82, 2.24) is 0 Å². The molecule has 13 heavy (non-hydrogen) atoms. The zero-order valence-electron chi connectivity index (χ0n) is 8.25. The highest BCUT2D eigenvalue weighted by molar-refractivity contribution is 5.66. The van der Waals surface area contributed by atoms with E-state index in [1.165, 1.54) is 5.56 Å². The Kier molecular flexibility index (Phi) is 3.26. The average Bonchev–Trinajstić information content (AvgIpc) is 2.03. The molecule has 1 aromatic carbocycles. The number of aliphatic hydroxyl groups is 1. The molecule has 0 saturated heterocycles. The van der Waals surface area contributed by atoms with Gasteiger partial charge in [0, 0.05) is 0 Å². The molecule has 0 aliphatic rings. The molecule has 0 aliphatic heterocycles. The van der Waals surface area contributed by atoms with Crippen molar-refractivity contribution < 1.29 is 5.11 Å². The number of rotatable bonds is 3. The molecular formula is C12H16O. The van der Waals surface area contributed by atoms with Crippen LogP contribution in [0.2, 0.25) is 0 Å². The normalized spacial score (nSPS) is 12.5. The van der Waals surface area contributed by atoms with Crippen molar-refractivity contribution >= 4 is 5.57 Å². The summed E-state index contributed by atoms with van der Waals surface area (Å²) in [5, 5.41) is 9.21. The van der Waals surface area contributed by atoms with E-state index in [-0.39, 0.29) is 6.10 Å². The predicted molar refractivity (Wildman–Crippen MR) is 56.5 cm³/mol. The zero-order valence-corrected chi connectivity index (χ0v) is 8.25. The summed E-state index contributed by atoms with van der Waals surface area (Å²) in [4.78, 5) is 0. The van der Waals surface area contributed by atoms with E-state index in [4.69, 9.17) is 0 Å². The first-order valence-electron chi connectivity index (χ1n) is 4.53. The minimum Gasteiger partial charge on any atom is -0.393 e. The van der Waals surface area contributed by atoms with Gasteiger partial charge in [-0.15, -0.1) is 0 Å². The Labute approximate surface area is 79.7 Å². The van der Waals surface area contributed by atoms with Gasteiger partial charge in [0.25, 0.3) is 0 Å². The minimum absolute atomic E-state index is 0.313. The number of benzene rings is 1. The molecule has 0 saturated carbocycles. The SMILES string of the molecule is C=C(CC(C)O)c1ccccc1C. The maximum atomic E-state index is 9.21. The van der Waals surface area contributed by atoms with Gasteiger partial charge in [0.2, 0.25) is 0 Å². The topological polar surface area (TPSA) is 20.2 Å². The molecule has 0 radical (unpaired) electrons. The molecule has 1 nitrogen and oxygen atoms in total. The van der Waals surface area contributed by atoms with Gasteiger partial charge in [0.1, 0.15) is 0 Å². The van der Waals surface area contributed by atoms with Crippen LogP contribution in [0.15, 0.2) is 30.8 Å².